The number of benzene rings is 2. The van der Waals surface area contributed by atoms with Crippen LogP contribution in [0.15, 0.2) is 46.9 Å². The third-order valence-corrected chi connectivity index (χ3v) is 6.51. The Kier molecular flexibility index (Phi) is 5.21. The number of aromatic nitrogens is 2. The van der Waals surface area contributed by atoms with Gasteiger partial charge in [-0.1, -0.05) is 33.6 Å². The van der Waals surface area contributed by atoms with E-state index in [4.69, 9.17) is 9.84 Å². The molecule has 0 aliphatic carbocycles. The van der Waals surface area contributed by atoms with E-state index >= 15 is 0 Å². The lowest BCUT2D eigenvalue weighted by molar-refractivity contribution is -0.113. The highest BCUT2D eigenvalue weighted by atomic mass is 79.9. The smallest absolute Gasteiger partial charge is 0.235 e. The Morgan fingerprint density at radius 2 is 1.96 bits per heavy atom. The molecule has 144 valence electrons. The first-order valence-electron chi connectivity index (χ1n) is 8.89. The normalized spacial score (nSPS) is 16.3. The number of amides is 1. The van der Waals surface area contributed by atoms with Crippen molar-refractivity contribution in [3.63, 3.8) is 0 Å². The molecule has 2 aromatic carbocycles. The molecule has 0 bridgehead atoms. The zero-order chi connectivity index (χ0) is 19.8. The molecule has 0 saturated carbocycles. The number of nitrogens with zero attached hydrogens (tertiary/aromatic N) is 2. The number of carbonyl (C=O) groups excluding carboxylic acids is 1. The van der Waals surface area contributed by atoms with Crippen LogP contribution in [0, 0.1) is 13.8 Å². The third-order valence-electron chi connectivity index (χ3n) is 4.76. The number of thioether (sulfide) groups is 1. The second kappa shape index (κ2) is 7.64. The average Bonchev–Trinajstić information content (AvgIpc) is 2.88. The fourth-order valence-corrected chi connectivity index (χ4v) is 4.99. The van der Waals surface area contributed by atoms with Crippen molar-refractivity contribution in [2.45, 2.75) is 19.1 Å². The molecule has 3 aromatic rings. The van der Waals surface area contributed by atoms with Gasteiger partial charge in [0.15, 0.2) is 0 Å². The Labute approximate surface area is 176 Å². The Hall–Kier alpha value is -2.25. The third kappa shape index (κ3) is 3.44. The fourth-order valence-electron chi connectivity index (χ4n) is 3.41. The van der Waals surface area contributed by atoms with Crippen LogP contribution in [0.4, 0.5) is 5.82 Å². The van der Waals surface area contributed by atoms with E-state index < -0.39 is 0 Å². The summed E-state index contributed by atoms with van der Waals surface area (Å²) in [7, 11) is 1.67. The first-order valence-corrected chi connectivity index (χ1v) is 10.7. The summed E-state index contributed by atoms with van der Waals surface area (Å²) in [6.07, 6.45) is 0. The van der Waals surface area contributed by atoms with Gasteiger partial charge in [-0.05, 0) is 44.2 Å². The number of anilines is 1. The van der Waals surface area contributed by atoms with Crippen LogP contribution in [0.1, 0.15) is 27.6 Å². The summed E-state index contributed by atoms with van der Waals surface area (Å²) in [6.45, 7) is 4.03. The highest BCUT2D eigenvalue weighted by molar-refractivity contribution is 9.10. The molecule has 28 heavy (non-hydrogen) atoms. The predicted octanol–water partition coefficient (Wildman–Crippen LogP) is 5.03. The van der Waals surface area contributed by atoms with Gasteiger partial charge in [-0.15, -0.1) is 11.8 Å². The zero-order valence-electron chi connectivity index (χ0n) is 15.8. The lowest BCUT2D eigenvalue weighted by Gasteiger charge is -2.18. The van der Waals surface area contributed by atoms with Crippen LogP contribution >= 0.6 is 27.7 Å². The van der Waals surface area contributed by atoms with Crippen molar-refractivity contribution in [1.29, 1.82) is 0 Å². The zero-order valence-corrected chi connectivity index (χ0v) is 18.2. The first kappa shape index (κ1) is 19.1. The van der Waals surface area contributed by atoms with Gasteiger partial charge >= 0.3 is 0 Å². The average molecular weight is 458 g/mol. The number of nitrogens with one attached hydrogen (secondary N) is 1. The molecule has 5 nitrogen and oxygen atoms in total. The Balaban J connectivity index is 1.91. The van der Waals surface area contributed by atoms with Crippen molar-refractivity contribution in [1.82, 2.24) is 9.78 Å². The van der Waals surface area contributed by atoms with Crippen molar-refractivity contribution in [2.24, 2.45) is 0 Å². The molecule has 0 saturated heterocycles. The van der Waals surface area contributed by atoms with E-state index in [-0.39, 0.29) is 11.2 Å². The number of hydrogen-bond acceptors (Lipinski definition) is 4. The molecule has 2 heterocycles. The molecule has 0 radical (unpaired) electrons. The molecule has 1 N–H and O–H groups in total. The number of ether oxygens (including phenoxy) is 1. The van der Waals surface area contributed by atoms with Crippen LogP contribution in [0.2, 0.25) is 0 Å². The van der Waals surface area contributed by atoms with Crippen molar-refractivity contribution >= 4 is 39.4 Å². The number of rotatable bonds is 3. The number of fused-ring (bicyclic) bond motifs is 1. The monoisotopic (exact) mass is 457 g/mol. The van der Waals surface area contributed by atoms with Gasteiger partial charge in [0, 0.05) is 15.6 Å². The highest BCUT2D eigenvalue weighted by Gasteiger charge is 2.32. The van der Waals surface area contributed by atoms with Crippen LogP contribution in [-0.4, -0.2) is 28.6 Å². The minimum absolute atomic E-state index is 0.0315. The minimum Gasteiger partial charge on any atom is -0.496 e. The fraction of sp³-hybridized carbons (Fsp3) is 0.238. The molecule has 1 aromatic heterocycles. The number of hydrogen-bond donors (Lipinski definition) is 1. The van der Waals surface area contributed by atoms with E-state index in [9.17, 15) is 4.79 Å². The van der Waals surface area contributed by atoms with Gasteiger partial charge in [0.2, 0.25) is 5.91 Å². The van der Waals surface area contributed by atoms with Gasteiger partial charge in [0.05, 0.1) is 29.5 Å². The van der Waals surface area contributed by atoms with Crippen molar-refractivity contribution < 1.29 is 9.53 Å². The van der Waals surface area contributed by atoms with E-state index in [0.717, 1.165) is 38.5 Å². The van der Waals surface area contributed by atoms with Crippen molar-refractivity contribution in [3.05, 3.63) is 69.3 Å². The highest BCUT2D eigenvalue weighted by Crippen LogP contribution is 2.47. The van der Waals surface area contributed by atoms with Gasteiger partial charge in [-0.2, -0.15) is 5.10 Å². The number of methoxy groups -OCH3 is 1. The van der Waals surface area contributed by atoms with E-state index in [0.29, 0.717) is 5.75 Å². The first-order chi connectivity index (χ1) is 13.5. The van der Waals surface area contributed by atoms with Crippen molar-refractivity contribution in [3.8, 4) is 11.4 Å². The Bertz CT molecular complexity index is 1050. The molecular formula is C21H20BrN3O2S. The molecular weight excluding hydrogens is 438 g/mol. The molecule has 7 heteroatoms. The van der Waals surface area contributed by atoms with E-state index in [1.165, 1.54) is 5.56 Å². The molecule has 0 fully saturated rings. The van der Waals surface area contributed by atoms with Gasteiger partial charge in [-0.25, -0.2) is 4.68 Å². The second-order valence-electron chi connectivity index (χ2n) is 6.72. The molecule has 4 rings (SSSR count). The molecule has 0 spiro atoms. The maximum Gasteiger partial charge on any atom is 0.235 e. The summed E-state index contributed by atoms with van der Waals surface area (Å²) in [6, 6.07) is 14.1. The Morgan fingerprint density at radius 3 is 2.68 bits per heavy atom. The molecule has 1 unspecified atom stereocenters. The molecule has 1 amide bonds. The molecule has 1 atom stereocenters. The summed E-state index contributed by atoms with van der Waals surface area (Å²) in [5, 5.41) is 7.75. The van der Waals surface area contributed by atoms with E-state index in [1.54, 1.807) is 18.9 Å². The van der Waals surface area contributed by atoms with Crippen LogP contribution < -0.4 is 10.1 Å². The van der Waals surface area contributed by atoms with Crippen molar-refractivity contribution in [2.75, 3.05) is 18.2 Å². The van der Waals surface area contributed by atoms with Gasteiger partial charge in [0.1, 0.15) is 11.6 Å². The quantitative estimate of drug-likeness (QED) is 0.598. The molecule has 1 aliphatic rings. The van der Waals surface area contributed by atoms with E-state index in [1.807, 2.05) is 54.9 Å². The predicted molar refractivity (Wildman–Crippen MR) is 117 cm³/mol. The van der Waals surface area contributed by atoms with Gasteiger partial charge < -0.3 is 10.1 Å². The topological polar surface area (TPSA) is 56.1 Å². The SMILES string of the molecule is COc1ccc(Br)cc1C1SCC(=O)Nc2c1c(C)nn2-c1ccc(C)cc1. The summed E-state index contributed by atoms with van der Waals surface area (Å²) in [5.41, 5.74) is 5.01. The van der Waals surface area contributed by atoms with E-state index in [2.05, 4.69) is 27.3 Å². The number of carbonyl (C=O) groups is 1. The number of halogens is 1. The van der Waals surface area contributed by atoms with Crippen LogP contribution in [0.25, 0.3) is 5.69 Å². The number of aryl methyl sites for hydroxylation is 2. The molecule has 1 aliphatic heterocycles. The van der Waals surface area contributed by atoms with Gasteiger partial charge in [-0.3, -0.25) is 4.79 Å². The second-order valence-corrected chi connectivity index (χ2v) is 8.73. The largest absolute Gasteiger partial charge is 0.496 e. The van der Waals surface area contributed by atoms with Crippen LogP contribution in [0.3, 0.4) is 0 Å². The summed E-state index contributed by atoms with van der Waals surface area (Å²) in [4.78, 5) is 12.5. The van der Waals surface area contributed by atoms with Crippen LogP contribution in [-0.2, 0) is 4.79 Å². The summed E-state index contributed by atoms with van der Waals surface area (Å²) >= 11 is 5.15. The van der Waals surface area contributed by atoms with Crippen LogP contribution in [0.5, 0.6) is 5.75 Å². The maximum absolute atomic E-state index is 12.5. The summed E-state index contributed by atoms with van der Waals surface area (Å²) < 4.78 is 8.41. The maximum atomic E-state index is 12.5. The summed E-state index contributed by atoms with van der Waals surface area (Å²) in [5.74, 6) is 1.85. The standard InChI is InChI=1S/C21H20BrN3O2S/c1-12-4-7-15(8-5-12)25-21-19(13(2)24-25)20(28-11-18(26)23-21)16-10-14(22)6-9-17(16)27-3/h4-10,20H,11H2,1-3H3,(H,23,26). The minimum atomic E-state index is -0.0689. The Morgan fingerprint density at radius 1 is 1.21 bits per heavy atom. The van der Waals surface area contributed by atoms with Gasteiger partial charge in [0.25, 0.3) is 0 Å². The lowest BCUT2D eigenvalue weighted by atomic mass is 10.0. The lowest BCUT2D eigenvalue weighted by Crippen LogP contribution is -2.15.